The maximum Gasteiger partial charge on any atom is 0.267 e. The lowest BCUT2D eigenvalue weighted by Gasteiger charge is -2.07. The molecular weight excluding hydrogens is 278 g/mol. The second-order valence-electron chi connectivity index (χ2n) is 4.45. The number of imidazole rings is 1. The van der Waals surface area contributed by atoms with E-state index in [1.807, 2.05) is 12.1 Å². The standard InChI is InChI=1S/C12H13N5O2S/c1-8-11(9(2)15-14-8)20(18,19)16-12-13-7-10-5-3-4-6-17(10)12/h3-7H,1-2H3,(H,13,16)(H,14,15). The second-order valence-corrected chi connectivity index (χ2v) is 6.07. The first kappa shape index (κ1) is 12.7. The summed E-state index contributed by atoms with van der Waals surface area (Å²) in [4.78, 5) is 4.25. The van der Waals surface area contributed by atoms with Gasteiger partial charge in [0, 0.05) is 6.20 Å². The van der Waals surface area contributed by atoms with Crippen LogP contribution in [0.5, 0.6) is 0 Å². The molecule has 0 saturated carbocycles. The van der Waals surface area contributed by atoms with Gasteiger partial charge in [-0.15, -0.1) is 0 Å². The minimum absolute atomic E-state index is 0.158. The third-order valence-electron chi connectivity index (χ3n) is 2.99. The van der Waals surface area contributed by atoms with Crippen molar-refractivity contribution >= 4 is 21.5 Å². The van der Waals surface area contributed by atoms with Gasteiger partial charge in [0.05, 0.1) is 23.1 Å². The molecule has 3 heterocycles. The Morgan fingerprint density at radius 2 is 2.10 bits per heavy atom. The van der Waals surface area contributed by atoms with Gasteiger partial charge in [0.2, 0.25) is 5.95 Å². The Morgan fingerprint density at radius 3 is 2.80 bits per heavy atom. The topological polar surface area (TPSA) is 92.1 Å². The SMILES string of the molecule is Cc1n[nH]c(C)c1S(=O)(=O)Nc1ncc2ccccn12. The first-order valence-electron chi connectivity index (χ1n) is 5.95. The van der Waals surface area contributed by atoms with E-state index in [9.17, 15) is 8.42 Å². The van der Waals surface area contributed by atoms with Crippen molar-refractivity contribution in [2.45, 2.75) is 18.7 Å². The minimum atomic E-state index is -3.72. The molecule has 0 amide bonds. The smallest absolute Gasteiger partial charge is 0.267 e. The Bertz CT molecular complexity index is 859. The van der Waals surface area contributed by atoms with E-state index in [4.69, 9.17) is 0 Å². The van der Waals surface area contributed by atoms with Crippen LogP contribution in [0.1, 0.15) is 11.4 Å². The van der Waals surface area contributed by atoms with Crippen LogP contribution in [0.4, 0.5) is 5.95 Å². The van der Waals surface area contributed by atoms with E-state index >= 15 is 0 Å². The van der Waals surface area contributed by atoms with E-state index in [2.05, 4.69) is 19.9 Å². The molecule has 0 spiro atoms. The molecule has 0 radical (unpaired) electrons. The van der Waals surface area contributed by atoms with Gasteiger partial charge in [-0.2, -0.15) is 5.10 Å². The average molecular weight is 291 g/mol. The maximum atomic E-state index is 12.4. The summed E-state index contributed by atoms with van der Waals surface area (Å²) in [5, 5.41) is 6.57. The predicted octanol–water partition coefficient (Wildman–Crippen LogP) is 1.48. The van der Waals surface area contributed by atoms with Crippen molar-refractivity contribution in [1.29, 1.82) is 0 Å². The van der Waals surface area contributed by atoms with Crippen LogP contribution in [0.3, 0.4) is 0 Å². The van der Waals surface area contributed by atoms with Crippen molar-refractivity contribution in [2.24, 2.45) is 0 Å². The number of anilines is 1. The molecule has 0 aliphatic carbocycles. The third-order valence-corrected chi connectivity index (χ3v) is 4.58. The van der Waals surface area contributed by atoms with Crippen molar-refractivity contribution in [2.75, 3.05) is 4.72 Å². The fraction of sp³-hybridized carbons (Fsp3) is 0.167. The quantitative estimate of drug-likeness (QED) is 0.764. The van der Waals surface area contributed by atoms with Crippen molar-refractivity contribution in [3.8, 4) is 0 Å². The van der Waals surface area contributed by atoms with E-state index in [0.29, 0.717) is 11.4 Å². The Kier molecular flexibility index (Phi) is 2.75. The van der Waals surface area contributed by atoms with Gasteiger partial charge in [0.1, 0.15) is 4.90 Å². The first-order chi connectivity index (χ1) is 9.49. The molecule has 3 aromatic heterocycles. The number of aryl methyl sites for hydroxylation is 2. The summed E-state index contributed by atoms with van der Waals surface area (Å²) >= 11 is 0. The van der Waals surface area contributed by atoms with E-state index in [0.717, 1.165) is 5.52 Å². The molecule has 0 bridgehead atoms. The molecule has 8 heteroatoms. The van der Waals surface area contributed by atoms with Gasteiger partial charge in [-0.05, 0) is 26.0 Å². The predicted molar refractivity (Wildman–Crippen MR) is 74.1 cm³/mol. The van der Waals surface area contributed by atoms with Crippen LogP contribution in [0.2, 0.25) is 0 Å². The van der Waals surface area contributed by atoms with Crippen LogP contribution < -0.4 is 4.72 Å². The first-order valence-corrected chi connectivity index (χ1v) is 7.44. The molecule has 3 rings (SSSR count). The molecule has 7 nitrogen and oxygen atoms in total. The van der Waals surface area contributed by atoms with Crippen molar-refractivity contribution < 1.29 is 8.42 Å². The molecule has 2 N–H and O–H groups in total. The fourth-order valence-electron chi connectivity index (χ4n) is 2.13. The summed E-state index contributed by atoms with van der Waals surface area (Å²) < 4.78 is 29.0. The zero-order valence-electron chi connectivity index (χ0n) is 11.0. The van der Waals surface area contributed by atoms with Crippen molar-refractivity contribution in [3.05, 3.63) is 42.0 Å². The van der Waals surface area contributed by atoms with Crippen LogP contribution in [0.25, 0.3) is 5.52 Å². The average Bonchev–Trinajstić information content (AvgIpc) is 2.94. The molecule has 0 fully saturated rings. The zero-order chi connectivity index (χ0) is 14.3. The number of hydrogen-bond acceptors (Lipinski definition) is 4. The van der Waals surface area contributed by atoms with Crippen molar-refractivity contribution in [1.82, 2.24) is 19.6 Å². The van der Waals surface area contributed by atoms with Gasteiger partial charge in [0.15, 0.2) is 0 Å². The molecule has 0 unspecified atom stereocenters. The fourth-order valence-corrected chi connectivity index (χ4v) is 3.50. The normalized spacial score (nSPS) is 11.9. The number of sulfonamides is 1. The highest BCUT2D eigenvalue weighted by Gasteiger charge is 2.23. The van der Waals surface area contributed by atoms with Gasteiger partial charge in [-0.1, -0.05) is 6.07 Å². The molecule has 0 atom stereocenters. The summed E-state index contributed by atoms with van der Waals surface area (Å²) in [5.74, 6) is 0.251. The zero-order valence-corrected chi connectivity index (χ0v) is 11.8. The molecule has 0 aromatic carbocycles. The molecule has 3 aromatic rings. The molecule has 0 saturated heterocycles. The van der Waals surface area contributed by atoms with Crippen LogP contribution in [-0.2, 0) is 10.0 Å². The number of hydrogen-bond donors (Lipinski definition) is 2. The van der Waals surface area contributed by atoms with Crippen LogP contribution >= 0.6 is 0 Å². The summed E-state index contributed by atoms with van der Waals surface area (Å²) in [6.45, 7) is 3.31. The molecule has 0 aliphatic heterocycles. The van der Waals surface area contributed by atoms with Gasteiger partial charge < -0.3 is 0 Å². The van der Waals surface area contributed by atoms with Gasteiger partial charge in [0.25, 0.3) is 10.0 Å². The largest absolute Gasteiger partial charge is 0.285 e. The van der Waals surface area contributed by atoms with Gasteiger partial charge >= 0.3 is 0 Å². The number of H-pyrrole nitrogens is 1. The number of pyridine rings is 1. The summed E-state index contributed by atoms with van der Waals surface area (Å²) in [6, 6.07) is 5.51. The summed E-state index contributed by atoms with van der Waals surface area (Å²) in [7, 11) is -3.72. The summed E-state index contributed by atoms with van der Waals surface area (Å²) in [5.41, 5.74) is 1.73. The lowest BCUT2D eigenvalue weighted by molar-refractivity contribution is 0.599. The van der Waals surface area contributed by atoms with Crippen LogP contribution in [0.15, 0.2) is 35.5 Å². The van der Waals surface area contributed by atoms with E-state index < -0.39 is 10.0 Å². The van der Waals surface area contributed by atoms with Gasteiger partial charge in [-0.3, -0.25) is 9.50 Å². The van der Waals surface area contributed by atoms with Crippen LogP contribution in [-0.4, -0.2) is 28.0 Å². The summed E-state index contributed by atoms with van der Waals surface area (Å²) in [6.07, 6.45) is 3.35. The van der Waals surface area contributed by atoms with E-state index in [1.165, 1.54) is 0 Å². The van der Waals surface area contributed by atoms with Crippen LogP contribution in [0, 0.1) is 13.8 Å². The monoisotopic (exact) mass is 291 g/mol. The maximum absolute atomic E-state index is 12.4. The number of aromatic amines is 1. The molecule has 0 aliphatic rings. The molecular formula is C12H13N5O2S. The number of aromatic nitrogens is 4. The highest BCUT2D eigenvalue weighted by atomic mass is 32.2. The highest BCUT2D eigenvalue weighted by Crippen LogP contribution is 2.20. The number of nitrogens with one attached hydrogen (secondary N) is 2. The Hall–Kier alpha value is -2.35. The molecule has 104 valence electrons. The lowest BCUT2D eigenvalue weighted by Crippen LogP contribution is -2.16. The Balaban J connectivity index is 2.06. The lowest BCUT2D eigenvalue weighted by atomic mass is 10.4. The number of fused-ring (bicyclic) bond motifs is 1. The highest BCUT2D eigenvalue weighted by molar-refractivity contribution is 7.92. The van der Waals surface area contributed by atoms with Gasteiger partial charge in [-0.25, -0.2) is 18.1 Å². The molecule has 20 heavy (non-hydrogen) atoms. The van der Waals surface area contributed by atoms with Crippen molar-refractivity contribution in [3.63, 3.8) is 0 Å². The Morgan fingerprint density at radius 1 is 1.30 bits per heavy atom. The Labute approximate surface area is 115 Å². The second kappa shape index (κ2) is 4.34. The third kappa shape index (κ3) is 1.94. The van der Waals surface area contributed by atoms with E-state index in [-0.39, 0.29) is 10.8 Å². The minimum Gasteiger partial charge on any atom is -0.285 e. The van der Waals surface area contributed by atoms with E-state index in [1.54, 1.807) is 36.7 Å². The number of rotatable bonds is 3. The number of nitrogens with zero attached hydrogens (tertiary/aromatic N) is 3.